The molecule has 2 amide bonds. The smallest absolute Gasteiger partial charge is 0.354 e. The molecule has 7 heteroatoms. The van der Waals surface area contributed by atoms with Gasteiger partial charge >= 0.3 is 5.97 Å². The largest absolute Gasteiger partial charge is 0.477 e. The van der Waals surface area contributed by atoms with Gasteiger partial charge in [-0.25, -0.2) is 9.78 Å². The number of aromatic nitrogens is 1. The van der Waals surface area contributed by atoms with Crippen LogP contribution < -0.4 is 5.32 Å². The van der Waals surface area contributed by atoms with Gasteiger partial charge in [-0.05, 0) is 43.2 Å². The summed E-state index contributed by atoms with van der Waals surface area (Å²) < 4.78 is 0. The van der Waals surface area contributed by atoms with E-state index in [0.717, 1.165) is 25.9 Å². The summed E-state index contributed by atoms with van der Waals surface area (Å²) in [7, 11) is 0. The molecular weight excluding hydrogens is 322 g/mol. The van der Waals surface area contributed by atoms with Gasteiger partial charge < -0.3 is 15.3 Å². The average molecular weight is 339 g/mol. The molecule has 1 aromatic heterocycles. The third-order valence-electron chi connectivity index (χ3n) is 3.96. The van der Waals surface area contributed by atoms with Crippen molar-refractivity contribution in [2.75, 3.05) is 18.4 Å². The molecule has 0 unspecified atom stereocenters. The zero-order chi connectivity index (χ0) is 17.8. The lowest BCUT2D eigenvalue weighted by Gasteiger charge is -2.15. The maximum Gasteiger partial charge on any atom is 0.354 e. The highest BCUT2D eigenvalue weighted by atomic mass is 16.4. The number of carbonyl (C=O) groups is 3. The van der Waals surface area contributed by atoms with Gasteiger partial charge in [-0.2, -0.15) is 0 Å². The van der Waals surface area contributed by atoms with E-state index in [-0.39, 0.29) is 17.3 Å². The first-order valence-electron chi connectivity index (χ1n) is 7.95. The predicted octanol–water partition coefficient (Wildman–Crippen LogP) is 2.27. The fourth-order valence-electron chi connectivity index (χ4n) is 2.71. The molecular formula is C18H17N3O4. The lowest BCUT2D eigenvalue weighted by molar-refractivity contribution is 0.0689. The maximum atomic E-state index is 12.4. The Bertz CT molecular complexity index is 829. The fourth-order valence-corrected chi connectivity index (χ4v) is 2.71. The lowest BCUT2D eigenvalue weighted by atomic mass is 10.1. The first kappa shape index (κ1) is 16.6. The number of anilines is 1. The van der Waals surface area contributed by atoms with Crippen LogP contribution in [0.5, 0.6) is 0 Å². The van der Waals surface area contributed by atoms with Gasteiger partial charge in [0.05, 0.1) is 0 Å². The normalized spacial score (nSPS) is 13.5. The summed E-state index contributed by atoms with van der Waals surface area (Å²) in [5.41, 5.74) is 0.756. The van der Waals surface area contributed by atoms with Crippen molar-refractivity contribution >= 4 is 23.5 Å². The summed E-state index contributed by atoms with van der Waals surface area (Å²) >= 11 is 0. The molecule has 25 heavy (non-hydrogen) atoms. The molecule has 0 saturated carbocycles. The Labute approximate surface area is 144 Å². The van der Waals surface area contributed by atoms with Crippen molar-refractivity contribution in [2.24, 2.45) is 0 Å². The molecule has 1 saturated heterocycles. The van der Waals surface area contributed by atoms with Crippen LogP contribution in [-0.4, -0.2) is 45.9 Å². The summed E-state index contributed by atoms with van der Waals surface area (Å²) in [6.07, 6.45) is 2.02. The standard InChI is InChI=1S/C18H17N3O4/c22-16(14-7-4-8-15(20-14)18(24)25)19-13-6-3-5-12(11-13)17(23)21-9-1-2-10-21/h3-8,11H,1-2,9-10H2,(H,19,22)(H,24,25). The summed E-state index contributed by atoms with van der Waals surface area (Å²) in [6.45, 7) is 1.50. The molecule has 1 aliphatic heterocycles. The Kier molecular flexibility index (Phi) is 4.74. The van der Waals surface area contributed by atoms with Crippen molar-refractivity contribution in [1.29, 1.82) is 0 Å². The van der Waals surface area contributed by atoms with Gasteiger partial charge in [0.25, 0.3) is 11.8 Å². The second kappa shape index (κ2) is 7.12. The number of carboxylic acids is 1. The molecule has 2 N–H and O–H groups in total. The van der Waals surface area contributed by atoms with E-state index >= 15 is 0 Å². The van der Waals surface area contributed by atoms with Crippen LogP contribution >= 0.6 is 0 Å². The Morgan fingerprint density at radius 2 is 1.68 bits per heavy atom. The summed E-state index contributed by atoms with van der Waals surface area (Å²) in [5, 5.41) is 11.6. The van der Waals surface area contributed by atoms with Crippen molar-refractivity contribution in [3.63, 3.8) is 0 Å². The van der Waals surface area contributed by atoms with E-state index in [1.807, 2.05) is 0 Å². The molecule has 2 aromatic rings. The minimum Gasteiger partial charge on any atom is -0.477 e. The van der Waals surface area contributed by atoms with Crippen LogP contribution in [0.3, 0.4) is 0 Å². The van der Waals surface area contributed by atoms with Crippen LogP contribution in [0, 0.1) is 0 Å². The van der Waals surface area contributed by atoms with E-state index in [1.54, 1.807) is 29.2 Å². The number of pyridine rings is 1. The molecule has 128 valence electrons. The molecule has 0 aliphatic carbocycles. The van der Waals surface area contributed by atoms with E-state index < -0.39 is 11.9 Å². The highest BCUT2D eigenvalue weighted by Gasteiger charge is 2.20. The van der Waals surface area contributed by atoms with E-state index in [1.165, 1.54) is 18.2 Å². The molecule has 1 aliphatic rings. The summed E-state index contributed by atoms with van der Waals surface area (Å²) in [4.78, 5) is 41.2. The number of hydrogen-bond acceptors (Lipinski definition) is 4. The third kappa shape index (κ3) is 3.82. The van der Waals surface area contributed by atoms with E-state index in [2.05, 4.69) is 10.3 Å². The molecule has 1 fully saturated rings. The molecule has 1 aromatic carbocycles. The van der Waals surface area contributed by atoms with Gasteiger partial charge in [-0.15, -0.1) is 0 Å². The predicted molar refractivity (Wildman–Crippen MR) is 90.7 cm³/mol. The Morgan fingerprint density at radius 1 is 1.00 bits per heavy atom. The number of likely N-dealkylation sites (tertiary alicyclic amines) is 1. The Hall–Kier alpha value is -3.22. The van der Waals surface area contributed by atoms with Gasteiger partial charge in [0.2, 0.25) is 0 Å². The van der Waals surface area contributed by atoms with Gasteiger partial charge in [0.15, 0.2) is 0 Å². The number of carbonyl (C=O) groups excluding carboxylic acids is 2. The highest BCUT2D eigenvalue weighted by Crippen LogP contribution is 2.17. The number of hydrogen-bond donors (Lipinski definition) is 2. The van der Waals surface area contributed by atoms with Gasteiger partial charge in [-0.1, -0.05) is 12.1 Å². The first-order chi connectivity index (χ1) is 12.0. The number of benzene rings is 1. The number of nitrogens with one attached hydrogen (secondary N) is 1. The van der Waals surface area contributed by atoms with Crippen LogP contribution in [-0.2, 0) is 0 Å². The van der Waals surface area contributed by atoms with E-state index in [4.69, 9.17) is 5.11 Å². The van der Waals surface area contributed by atoms with Crippen molar-refractivity contribution in [3.05, 3.63) is 59.4 Å². The average Bonchev–Trinajstić information content (AvgIpc) is 3.16. The van der Waals surface area contributed by atoms with Crippen molar-refractivity contribution < 1.29 is 19.5 Å². The number of nitrogens with zero attached hydrogens (tertiary/aromatic N) is 2. The quantitative estimate of drug-likeness (QED) is 0.890. The number of aromatic carboxylic acids is 1. The SMILES string of the molecule is O=C(O)c1cccc(C(=O)Nc2cccc(C(=O)N3CCCC3)c2)n1. The van der Waals surface area contributed by atoms with Crippen LogP contribution in [0.4, 0.5) is 5.69 Å². The van der Waals surface area contributed by atoms with Crippen molar-refractivity contribution in [1.82, 2.24) is 9.88 Å². The minimum absolute atomic E-state index is 0.00354. The van der Waals surface area contributed by atoms with Crippen LogP contribution in [0.15, 0.2) is 42.5 Å². The van der Waals surface area contributed by atoms with Gasteiger partial charge in [0.1, 0.15) is 11.4 Å². The fraction of sp³-hybridized carbons (Fsp3) is 0.222. The molecule has 0 bridgehead atoms. The number of amides is 2. The molecule has 7 nitrogen and oxygen atoms in total. The van der Waals surface area contributed by atoms with Crippen LogP contribution in [0.1, 0.15) is 44.2 Å². The topological polar surface area (TPSA) is 99.6 Å². The lowest BCUT2D eigenvalue weighted by Crippen LogP contribution is -2.27. The highest BCUT2D eigenvalue weighted by molar-refractivity contribution is 6.04. The van der Waals surface area contributed by atoms with Crippen LogP contribution in [0.25, 0.3) is 0 Å². The number of rotatable bonds is 4. The second-order valence-corrected chi connectivity index (χ2v) is 5.75. The Balaban J connectivity index is 1.75. The summed E-state index contributed by atoms with van der Waals surface area (Å²) in [6, 6.07) is 10.9. The molecule has 0 spiro atoms. The monoisotopic (exact) mass is 339 g/mol. The zero-order valence-electron chi connectivity index (χ0n) is 13.4. The maximum absolute atomic E-state index is 12.4. The van der Waals surface area contributed by atoms with Gasteiger partial charge in [-0.3, -0.25) is 9.59 Å². The molecule has 0 atom stereocenters. The van der Waals surface area contributed by atoms with Crippen LogP contribution in [0.2, 0.25) is 0 Å². The van der Waals surface area contributed by atoms with Gasteiger partial charge in [0, 0.05) is 24.3 Å². The third-order valence-corrected chi connectivity index (χ3v) is 3.96. The summed E-state index contributed by atoms with van der Waals surface area (Å²) in [5.74, 6) is -1.79. The van der Waals surface area contributed by atoms with Crippen molar-refractivity contribution in [2.45, 2.75) is 12.8 Å². The minimum atomic E-state index is -1.20. The Morgan fingerprint density at radius 3 is 2.40 bits per heavy atom. The molecule has 2 heterocycles. The van der Waals surface area contributed by atoms with E-state index in [0.29, 0.717) is 11.3 Å². The molecule has 0 radical (unpaired) electrons. The van der Waals surface area contributed by atoms with E-state index in [9.17, 15) is 14.4 Å². The first-order valence-corrected chi connectivity index (χ1v) is 7.95. The number of carboxylic acid groups (broad SMARTS) is 1. The zero-order valence-corrected chi connectivity index (χ0v) is 13.4. The molecule has 3 rings (SSSR count). The second-order valence-electron chi connectivity index (χ2n) is 5.75. The van der Waals surface area contributed by atoms with Crippen molar-refractivity contribution in [3.8, 4) is 0 Å².